The molecule has 3 rings (SSSR count). The number of hydrogen-bond donors (Lipinski definition) is 1. The zero-order chi connectivity index (χ0) is 21.0. The van der Waals surface area contributed by atoms with Gasteiger partial charge in [-0.3, -0.25) is 14.4 Å². The third kappa shape index (κ3) is 5.08. The molecular weight excluding hydrogens is 452 g/mol. The van der Waals surface area contributed by atoms with Crippen LogP contribution in [-0.4, -0.2) is 37.3 Å². The van der Waals surface area contributed by atoms with E-state index >= 15 is 0 Å². The number of carbonyl (C=O) groups is 1. The van der Waals surface area contributed by atoms with Crippen LogP contribution in [0.3, 0.4) is 0 Å². The minimum absolute atomic E-state index is 0.0403. The first kappa shape index (κ1) is 21.6. The van der Waals surface area contributed by atoms with Gasteiger partial charge in [-0.2, -0.15) is 0 Å². The molecule has 0 aliphatic rings. The Morgan fingerprint density at radius 2 is 1.86 bits per heavy atom. The van der Waals surface area contributed by atoms with Crippen molar-refractivity contribution in [1.29, 1.82) is 0 Å². The molecule has 1 N–H and O–H groups in total. The number of hydrogen-bond acceptors (Lipinski definition) is 7. The second-order valence-corrected chi connectivity index (χ2v) is 10.2. The van der Waals surface area contributed by atoms with E-state index in [0.717, 1.165) is 9.87 Å². The predicted molar refractivity (Wildman–Crippen MR) is 117 cm³/mol. The normalized spacial score (nSPS) is 11.3. The Hall–Kier alpha value is -2.14. The van der Waals surface area contributed by atoms with Crippen molar-refractivity contribution >= 4 is 61.4 Å². The number of aryl methyl sites for hydroxylation is 1. The quantitative estimate of drug-likeness (QED) is 0.415. The molecule has 2 aromatic carbocycles. The Kier molecular flexibility index (Phi) is 6.78. The summed E-state index contributed by atoms with van der Waals surface area (Å²) >= 11 is 8.51. The van der Waals surface area contributed by atoms with Crippen LogP contribution in [0.4, 0.5) is 10.8 Å². The molecule has 1 amide bonds. The number of para-hydroxylation sites is 1. The van der Waals surface area contributed by atoms with E-state index in [1.54, 1.807) is 31.2 Å². The van der Waals surface area contributed by atoms with Gasteiger partial charge in [-0.05, 0) is 49.1 Å². The topological polar surface area (TPSA) is 92.3 Å². The zero-order valence-electron chi connectivity index (χ0n) is 15.5. The van der Waals surface area contributed by atoms with E-state index in [9.17, 15) is 13.2 Å². The maximum absolute atomic E-state index is 13.3. The molecule has 0 bridgehead atoms. The largest absolute Gasteiger partial charge is 0.299 e. The maximum atomic E-state index is 13.3. The van der Waals surface area contributed by atoms with Crippen LogP contribution in [0.1, 0.15) is 5.56 Å². The molecule has 0 aliphatic heterocycles. The van der Waals surface area contributed by atoms with Crippen molar-refractivity contribution in [2.75, 3.05) is 22.4 Å². The molecule has 11 heteroatoms. The Morgan fingerprint density at radius 1 is 1.17 bits per heavy atom. The number of nitrogens with one attached hydrogen (secondary N) is 1. The highest BCUT2D eigenvalue weighted by Crippen LogP contribution is 2.28. The standard InChI is InChI=1S/C18H17ClN4O3S3/c1-12-5-3-4-6-15(12)23(29(25,26)14-9-7-13(19)8-10-14)11-16(24)20-17-21-22-18(27-2)28-17/h3-10H,11H2,1-2H3,(H,20,21,24). The van der Waals surface area contributed by atoms with E-state index in [1.807, 2.05) is 6.26 Å². The van der Waals surface area contributed by atoms with E-state index < -0.39 is 22.5 Å². The van der Waals surface area contributed by atoms with Gasteiger partial charge in [-0.15, -0.1) is 10.2 Å². The lowest BCUT2D eigenvalue weighted by Gasteiger charge is -2.25. The van der Waals surface area contributed by atoms with Crippen molar-refractivity contribution in [3.63, 3.8) is 0 Å². The molecule has 0 fully saturated rings. The first-order valence-corrected chi connectivity index (χ1v) is 12.2. The van der Waals surface area contributed by atoms with Gasteiger partial charge in [0.25, 0.3) is 10.0 Å². The summed E-state index contributed by atoms with van der Waals surface area (Å²) in [6, 6.07) is 12.8. The molecule has 152 valence electrons. The number of sulfonamides is 1. The third-order valence-corrected chi connectivity index (χ3v) is 7.74. The summed E-state index contributed by atoms with van der Waals surface area (Å²) < 4.78 is 28.4. The lowest BCUT2D eigenvalue weighted by molar-refractivity contribution is -0.114. The Morgan fingerprint density at radius 3 is 2.48 bits per heavy atom. The van der Waals surface area contributed by atoms with E-state index in [1.165, 1.54) is 47.4 Å². The fraction of sp³-hybridized carbons (Fsp3) is 0.167. The SMILES string of the molecule is CSc1nnc(NC(=O)CN(c2ccccc2C)S(=O)(=O)c2ccc(Cl)cc2)s1. The fourth-order valence-corrected chi connectivity index (χ4v) is 5.31. The van der Waals surface area contributed by atoms with Gasteiger partial charge in [0.15, 0.2) is 4.34 Å². The smallest absolute Gasteiger partial charge is 0.264 e. The highest BCUT2D eigenvalue weighted by molar-refractivity contribution is 8.00. The number of rotatable bonds is 7. The van der Waals surface area contributed by atoms with Gasteiger partial charge in [-0.1, -0.05) is 52.9 Å². The Bertz CT molecular complexity index is 1120. The van der Waals surface area contributed by atoms with Crippen LogP contribution in [0.25, 0.3) is 0 Å². The van der Waals surface area contributed by atoms with Crippen molar-refractivity contribution < 1.29 is 13.2 Å². The molecule has 29 heavy (non-hydrogen) atoms. The summed E-state index contributed by atoms with van der Waals surface area (Å²) in [6.45, 7) is 1.37. The first-order valence-electron chi connectivity index (χ1n) is 8.32. The summed E-state index contributed by atoms with van der Waals surface area (Å²) in [5.74, 6) is -0.519. The lowest BCUT2D eigenvalue weighted by atomic mass is 10.2. The zero-order valence-corrected chi connectivity index (χ0v) is 18.7. The minimum atomic E-state index is -4.00. The van der Waals surface area contributed by atoms with E-state index in [4.69, 9.17) is 11.6 Å². The fourth-order valence-electron chi connectivity index (χ4n) is 2.51. The predicted octanol–water partition coefficient (Wildman–Crippen LogP) is 4.06. The molecule has 0 unspecified atom stereocenters. The summed E-state index contributed by atoms with van der Waals surface area (Å²) in [7, 11) is -4.00. The third-order valence-electron chi connectivity index (χ3n) is 3.90. The van der Waals surface area contributed by atoms with Crippen LogP contribution in [0.5, 0.6) is 0 Å². The van der Waals surface area contributed by atoms with Crippen LogP contribution in [0, 0.1) is 6.92 Å². The van der Waals surface area contributed by atoms with Crippen molar-refractivity contribution in [2.24, 2.45) is 0 Å². The second kappa shape index (κ2) is 9.12. The number of benzene rings is 2. The molecule has 1 aromatic heterocycles. The van der Waals surface area contributed by atoms with E-state index in [2.05, 4.69) is 15.5 Å². The van der Waals surface area contributed by atoms with Crippen LogP contribution in [-0.2, 0) is 14.8 Å². The van der Waals surface area contributed by atoms with Gasteiger partial charge >= 0.3 is 0 Å². The number of carbonyl (C=O) groups excluding carboxylic acids is 1. The highest BCUT2D eigenvalue weighted by Gasteiger charge is 2.28. The van der Waals surface area contributed by atoms with Crippen molar-refractivity contribution in [3.05, 3.63) is 59.1 Å². The summed E-state index contributed by atoms with van der Waals surface area (Å²) in [5, 5.41) is 11.2. The number of nitrogens with zero attached hydrogens (tertiary/aromatic N) is 3. The minimum Gasteiger partial charge on any atom is -0.299 e. The van der Waals surface area contributed by atoms with Crippen LogP contribution in [0.15, 0.2) is 57.8 Å². The van der Waals surface area contributed by atoms with Crippen LogP contribution >= 0.6 is 34.7 Å². The van der Waals surface area contributed by atoms with E-state index in [0.29, 0.717) is 20.2 Å². The van der Waals surface area contributed by atoms with Crippen molar-refractivity contribution in [1.82, 2.24) is 10.2 Å². The number of amides is 1. The molecule has 0 radical (unpaired) electrons. The average molecular weight is 469 g/mol. The number of anilines is 2. The van der Waals surface area contributed by atoms with Gasteiger partial charge in [0.05, 0.1) is 10.6 Å². The van der Waals surface area contributed by atoms with Gasteiger partial charge in [0.2, 0.25) is 11.0 Å². The molecule has 0 saturated heterocycles. The van der Waals surface area contributed by atoms with Crippen LogP contribution in [0.2, 0.25) is 5.02 Å². The van der Waals surface area contributed by atoms with Crippen LogP contribution < -0.4 is 9.62 Å². The maximum Gasteiger partial charge on any atom is 0.264 e. The molecule has 1 heterocycles. The Balaban J connectivity index is 1.94. The molecule has 0 atom stereocenters. The molecule has 3 aromatic rings. The first-order chi connectivity index (χ1) is 13.8. The summed E-state index contributed by atoms with van der Waals surface area (Å²) in [6.07, 6.45) is 1.85. The molecule has 0 aliphatic carbocycles. The van der Waals surface area contributed by atoms with Crippen molar-refractivity contribution in [3.8, 4) is 0 Å². The molecule has 7 nitrogen and oxygen atoms in total. The Labute approximate surface area is 182 Å². The van der Waals surface area contributed by atoms with Gasteiger partial charge in [0, 0.05) is 5.02 Å². The monoisotopic (exact) mass is 468 g/mol. The average Bonchev–Trinajstić information content (AvgIpc) is 3.14. The summed E-state index contributed by atoms with van der Waals surface area (Å²) in [5.41, 5.74) is 1.14. The van der Waals surface area contributed by atoms with Gasteiger partial charge in [0.1, 0.15) is 6.54 Å². The molecule has 0 spiro atoms. The molecular formula is C18H17ClN4O3S3. The number of thioether (sulfide) groups is 1. The molecule has 0 saturated carbocycles. The summed E-state index contributed by atoms with van der Waals surface area (Å²) in [4.78, 5) is 12.7. The second-order valence-electron chi connectivity index (χ2n) is 5.88. The van der Waals surface area contributed by atoms with Gasteiger partial charge < -0.3 is 0 Å². The van der Waals surface area contributed by atoms with E-state index in [-0.39, 0.29) is 4.90 Å². The lowest BCUT2D eigenvalue weighted by Crippen LogP contribution is -2.38. The van der Waals surface area contributed by atoms with Crippen molar-refractivity contribution in [2.45, 2.75) is 16.2 Å². The highest BCUT2D eigenvalue weighted by atomic mass is 35.5. The number of halogens is 1. The van der Waals surface area contributed by atoms with Gasteiger partial charge in [-0.25, -0.2) is 8.42 Å². The number of aromatic nitrogens is 2.